The Hall–Kier alpha value is -1.61. The van der Waals surface area contributed by atoms with Crippen LogP contribution in [0.25, 0.3) is 10.9 Å². The number of esters is 1. The number of aromatic nitrogens is 1. The molecule has 1 aromatic heterocycles. The highest BCUT2D eigenvalue weighted by Gasteiger charge is 2.20. The molecule has 19 heavy (non-hydrogen) atoms. The topological polar surface area (TPSA) is 39.2 Å². The number of hydrogen-bond acceptors (Lipinski definition) is 3. The number of rotatable bonds is 2. The van der Waals surface area contributed by atoms with E-state index in [1.165, 1.54) is 7.11 Å². The molecular weight excluding hydrogens is 262 g/mol. The quantitative estimate of drug-likeness (QED) is 0.619. The van der Waals surface area contributed by atoms with Crippen LogP contribution in [0.2, 0.25) is 5.15 Å². The molecule has 2 rings (SSSR count). The molecule has 0 saturated carbocycles. The fourth-order valence-corrected chi connectivity index (χ4v) is 2.39. The lowest BCUT2D eigenvalue weighted by Crippen LogP contribution is -2.11. The number of pyridine rings is 1. The average Bonchev–Trinajstić information content (AvgIpc) is 2.41. The summed E-state index contributed by atoms with van der Waals surface area (Å²) in [5.41, 5.74) is 3.93. The number of aryl methyl sites for hydroxylation is 2. The van der Waals surface area contributed by atoms with Crippen molar-refractivity contribution in [3.63, 3.8) is 0 Å². The number of benzene rings is 1. The fraction of sp³-hybridized carbons (Fsp3) is 0.333. The predicted octanol–water partition coefficient (Wildman–Crippen LogP) is 3.78. The lowest BCUT2D eigenvalue weighted by atomic mass is 9.95. The molecule has 1 aromatic carbocycles. The number of hydrogen-bond donors (Lipinski definition) is 0. The first-order valence-corrected chi connectivity index (χ1v) is 6.47. The van der Waals surface area contributed by atoms with Gasteiger partial charge in [-0.05, 0) is 43.5 Å². The minimum Gasteiger partial charge on any atom is -0.469 e. The SMILES string of the molecule is COC(=O)C(C)c1cc(Cl)nc2c(C)c(C)ccc12. The first kappa shape index (κ1) is 13.8. The molecule has 1 unspecified atom stereocenters. The van der Waals surface area contributed by atoms with Crippen LogP contribution in [0.15, 0.2) is 18.2 Å². The smallest absolute Gasteiger partial charge is 0.312 e. The summed E-state index contributed by atoms with van der Waals surface area (Å²) in [5.74, 6) is -0.642. The van der Waals surface area contributed by atoms with Gasteiger partial charge in [0.05, 0.1) is 18.5 Å². The van der Waals surface area contributed by atoms with Crippen LogP contribution in [0.5, 0.6) is 0 Å². The van der Waals surface area contributed by atoms with Crippen LogP contribution >= 0.6 is 11.6 Å². The van der Waals surface area contributed by atoms with Crippen molar-refractivity contribution in [2.24, 2.45) is 0 Å². The number of ether oxygens (including phenoxy) is 1. The molecule has 0 bridgehead atoms. The number of carbonyl (C=O) groups excluding carboxylic acids is 1. The van der Waals surface area contributed by atoms with Gasteiger partial charge < -0.3 is 4.74 Å². The van der Waals surface area contributed by atoms with E-state index in [-0.39, 0.29) is 11.9 Å². The van der Waals surface area contributed by atoms with Gasteiger partial charge in [-0.25, -0.2) is 4.98 Å². The van der Waals surface area contributed by atoms with Crippen LogP contribution in [-0.2, 0) is 9.53 Å². The van der Waals surface area contributed by atoms with Gasteiger partial charge in [0, 0.05) is 5.39 Å². The number of carbonyl (C=O) groups is 1. The molecule has 0 amide bonds. The van der Waals surface area contributed by atoms with E-state index in [9.17, 15) is 4.79 Å². The molecule has 0 radical (unpaired) electrons. The van der Waals surface area contributed by atoms with Crippen LogP contribution in [-0.4, -0.2) is 18.1 Å². The third-order valence-electron chi connectivity index (χ3n) is 3.53. The van der Waals surface area contributed by atoms with Crippen LogP contribution in [0.3, 0.4) is 0 Å². The number of methoxy groups -OCH3 is 1. The van der Waals surface area contributed by atoms with Gasteiger partial charge in [-0.1, -0.05) is 23.7 Å². The van der Waals surface area contributed by atoms with Crippen LogP contribution < -0.4 is 0 Å². The van der Waals surface area contributed by atoms with Crippen molar-refractivity contribution in [1.82, 2.24) is 4.98 Å². The van der Waals surface area contributed by atoms with Gasteiger partial charge >= 0.3 is 5.97 Å². The molecule has 4 heteroatoms. The maximum absolute atomic E-state index is 11.7. The van der Waals surface area contributed by atoms with E-state index < -0.39 is 0 Å². The fourth-order valence-electron chi connectivity index (χ4n) is 2.19. The second-order valence-corrected chi connectivity index (χ2v) is 5.07. The van der Waals surface area contributed by atoms with Crippen molar-refractivity contribution >= 4 is 28.5 Å². The Morgan fingerprint density at radius 2 is 2.05 bits per heavy atom. The zero-order valence-electron chi connectivity index (χ0n) is 11.5. The van der Waals surface area contributed by atoms with E-state index in [1.807, 2.05) is 32.9 Å². The summed E-state index contributed by atoms with van der Waals surface area (Å²) < 4.78 is 4.81. The van der Waals surface area contributed by atoms with Crippen molar-refractivity contribution in [2.75, 3.05) is 7.11 Å². The number of nitrogens with zero attached hydrogens (tertiary/aromatic N) is 1. The van der Waals surface area contributed by atoms with Crippen molar-refractivity contribution < 1.29 is 9.53 Å². The summed E-state index contributed by atoms with van der Waals surface area (Å²) in [5, 5.41) is 1.34. The van der Waals surface area contributed by atoms with Gasteiger partial charge in [0.25, 0.3) is 0 Å². The van der Waals surface area contributed by atoms with Gasteiger partial charge in [-0.3, -0.25) is 4.79 Å². The largest absolute Gasteiger partial charge is 0.469 e. The molecule has 0 aliphatic heterocycles. The molecule has 1 atom stereocenters. The summed E-state index contributed by atoms with van der Waals surface area (Å²) in [6.45, 7) is 5.85. The van der Waals surface area contributed by atoms with E-state index in [0.29, 0.717) is 5.15 Å². The summed E-state index contributed by atoms with van der Waals surface area (Å²) in [4.78, 5) is 16.1. The highest BCUT2D eigenvalue weighted by Crippen LogP contribution is 2.30. The molecule has 0 saturated heterocycles. The normalized spacial score (nSPS) is 12.5. The van der Waals surface area contributed by atoms with Crippen molar-refractivity contribution in [2.45, 2.75) is 26.7 Å². The zero-order valence-corrected chi connectivity index (χ0v) is 12.2. The van der Waals surface area contributed by atoms with E-state index >= 15 is 0 Å². The highest BCUT2D eigenvalue weighted by molar-refractivity contribution is 6.30. The van der Waals surface area contributed by atoms with Crippen LogP contribution in [0.4, 0.5) is 0 Å². The van der Waals surface area contributed by atoms with E-state index in [4.69, 9.17) is 16.3 Å². The highest BCUT2D eigenvalue weighted by atomic mass is 35.5. The predicted molar refractivity (Wildman–Crippen MR) is 76.7 cm³/mol. The molecule has 2 aromatic rings. The molecule has 3 nitrogen and oxygen atoms in total. The summed E-state index contributed by atoms with van der Waals surface area (Å²) in [6.07, 6.45) is 0. The Balaban J connectivity index is 2.74. The lowest BCUT2D eigenvalue weighted by Gasteiger charge is -2.14. The van der Waals surface area contributed by atoms with Crippen molar-refractivity contribution in [3.8, 4) is 0 Å². The summed E-state index contributed by atoms with van der Waals surface area (Å²) >= 11 is 6.08. The van der Waals surface area contributed by atoms with E-state index in [2.05, 4.69) is 4.98 Å². The Morgan fingerprint density at radius 3 is 2.68 bits per heavy atom. The van der Waals surface area contributed by atoms with Gasteiger partial charge in [0.1, 0.15) is 5.15 Å². The molecule has 100 valence electrons. The Labute approximate surface area is 117 Å². The average molecular weight is 278 g/mol. The van der Waals surface area contributed by atoms with Gasteiger partial charge in [-0.15, -0.1) is 0 Å². The minimum absolute atomic E-state index is 0.276. The van der Waals surface area contributed by atoms with Crippen LogP contribution in [0, 0.1) is 13.8 Å². The molecule has 0 fully saturated rings. The van der Waals surface area contributed by atoms with Gasteiger partial charge in [-0.2, -0.15) is 0 Å². The number of fused-ring (bicyclic) bond motifs is 1. The molecule has 0 spiro atoms. The number of halogens is 1. The molecule has 0 aliphatic carbocycles. The van der Waals surface area contributed by atoms with Crippen LogP contribution in [0.1, 0.15) is 29.5 Å². The second kappa shape index (κ2) is 5.17. The first-order valence-electron chi connectivity index (χ1n) is 6.10. The third kappa shape index (κ3) is 2.43. The Bertz CT molecular complexity index is 652. The van der Waals surface area contributed by atoms with Gasteiger partial charge in [0.2, 0.25) is 0 Å². The maximum Gasteiger partial charge on any atom is 0.312 e. The molecule has 0 N–H and O–H groups in total. The standard InChI is InChI=1S/C15H16ClNO2/c1-8-5-6-11-12(10(3)15(18)19-4)7-13(16)17-14(11)9(8)2/h5-7,10H,1-4H3. The molecule has 0 aliphatic rings. The first-order chi connectivity index (χ1) is 8.95. The van der Waals surface area contributed by atoms with Crippen molar-refractivity contribution in [3.05, 3.63) is 40.0 Å². The Kier molecular flexibility index (Phi) is 3.76. The van der Waals surface area contributed by atoms with E-state index in [1.54, 1.807) is 6.07 Å². The minimum atomic E-state index is -0.366. The molecular formula is C15H16ClNO2. The molecule has 1 heterocycles. The Morgan fingerprint density at radius 1 is 1.37 bits per heavy atom. The van der Waals surface area contributed by atoms with E-state index in [0.717, 1.165) is 27.6 Å². The summed E-state index contributed by atoms with van der Waals surface area (Å²) in [6, 6.07) is 5.75. The second-order valence-electron chi connectivity index (χ2n) is 4.68. The monoisotopic (exact) mass is 277 g/mol. The summed E-state index contributed by atoms with van der Waals surface area (Å²) in [7, 11) is 1.39. The zero-order chi connectivity index (χ0) is 14.2. The maximum atomic E-state index is 11.7. The lowest BCUT2D eigenvalue weighted by molar-refractivity contribution is -0.141. The van der Waals surface area contributed by atoms with Crippen molar-refractivity contribution in [1.29, 1.82) is 0 Å². The van der Waals surface area contributed by atoms with Gasteiger partial charge in [0.15, 0.2) is 0 Å². The third-order valence-corrected chi connectivity index (χ3v) is 3.72.